The molecule has 1 rings (SSSR count). The lowest BCUT2D eigenvalue weighted by atomic mass is 10.2. The smallest absolute Gasteiger partial charge is 0.233 e. The van der Waals surface area contributed by atoms with Gasteiger partial charge < -0.3 is 5.32 Å². The summed E-state index contributed by atoms with van der Waals surface area (Å²) in [5.74, 6) is 1.77. The number of halogens is 1. The van der Waals surface area contributed by atoms with Crippen molar-refractivity contribution in [1.82, 2.24) is 5.32 Å². The van der Waals surface area contributed by atoms with Crippen LogP contribution in [0.4, 0.5) is 0 Å². The van der Waals surface area contributed by atoms with Crippen molar-refractivity contribution in [2.45, 2.75) is 37.5 Å². The number of thioether (sulfide) groups is 1. The van der Waals surface area contributed by atoms with Gasteiger partial charge in [0.25, 0.3) is 0 Å². The molecule has 0 aliphatic carbocycles. The van der Waals surface area contributed by atoms with E-state index >= 15 is 0 Å². The van der Waals surface area contributed by atoms with Crippen LogP contribution in [0.3, 0.4) is 0 Å². The first kappa shape index (κ1) is 11.2. The predicted molar refractivity (Wildman–Crippen MR) is 58.4 cm³/mol. The average molecular weight is 222 g/mol. The molecule has 1 aliphatic heterocycles. The van der Waals surface area contributed by atoms with Gasteiger partial charge in [0.05, 0.1) is 5.25 Å². The summed E-state index contributed by atoms with van der Waals surface area (Å²) in [4.78, 5) is 11.6. The van der Waals surface area contributed by atoms with E-state index in [0.29, 0.717) is 5.88 Å². The second-order valence-electron chi connectivity index (χ2n) is 3.42. The van der Waals surface area contributed by atoms with Crippen molar-refractivity contribution in [3.63, 3.8) is 0 Å². The topological polar surface area (TPSA) is 29.1 Å². The Hall–Kier alpha value is 0.110. The highest BCUT2D eigenvalue weighted by atomic mass is 35.5. The van der Waals surface area contributed by atoms with Crippen LogP contribution in [-0.4, -0.2) is 28.8 Å². The normalized spacial score (nSPS) is 25.2. The molecule has 4 heteroatoms. The van der Waals surface area contributed by atoms with E-state index in [1.54, 1.807) is 11.8 Å². The van der Waals surface area contributed by atoms with Crippen LogP contribution in [0.2, 0.25) is 0 Å². The van der Waals surface area contributed by atoms with E-state index in [1.807, 2.05) is 6.92 Å². The number of carbonyl (C=O) groups is 1. The van der Waals surface area contributed by atoms with Crippen molar-refractivity contribution in [3.8, 4) is 0 Å². The number of hydrogen-bond acceptors (Lipinski definition) is 2. The number of rotatable bonds is 3. The molecule has 0 aromatic rings. The maximum atomic E-state index is 11.6. The molecule has 0 radical (unpaired) electrons. The van der Waals surface area contributed by atoms with Gasteiger partial charge in [-0.15, -0.1) is 23.4 Å². The van der Waals surface area contributed by atoms with Gasteiger partial charge in [0, 0.05) is 11.9 Å². The summed E-state index contributed by atoms with van der Waals surface area (Å²) in [7, 11) is 0. The summed E-state index contributed by atoms with van der Waals surface area (Å²) in [6.45, 7) is 1.93. The zero-order valence-corrected chi connectivity index (χ0v) is 9.46. The van der Waals surface area contributed by atoms with Crippen molar-refractivity contribution in [2.75, 3.05) is 11.6 Å². The Morgan fingerprint density at radius 3 is 3.00 bits per heavy atom. The second-order valence-corrected chi connectivity index (χ2v) is 5.04. The van der Waals surface area contributed by atoms with Gasteiger partial charge in [-0.1, -0.05) is 6.42 Å². The molecule has 1 amide bonds. The van der Waals surface area contributed by atoms with Gasteiger partial charge in [0.1, 0.15) is 0 Å². The van der Waals surface area contributed by atoms with Crippen LogP contribution in [0.5, 0.6) is 0 Å². The molecule has 13 heavy (non-hydrogen) atoms. The van der Waals surface area contributed by atoms with Crippen LogP contribution in [0.1, 0.15) is 26.2 Å². The molecule has 1 heterocycles. The van der Waals surface area contributed by atoms with Crippen LogP contribution in [0, 0.1) is 0 Å². The van der Waals surface area contributed by atoms with Crippen molar-refractivity contribution in [3.05, 3.63) is 0 Å². The SMILES string of the molecule is CC(CCl)NC(=O)C1CCCCS1. The summed E-state index contributed by atoms with van der Waals surface area (Å²) in [5, 5.41) is 3.07. The molecule has 1 N–H and O–H groups in total. The molecular formula is C9H16ClNOS. The predicted octanol–water partition coefficient (Wildman–Crippen LogP) is 2.02. The molecule has 2 unspecified atom stereocenters. The van der Waals surface area contributed by atoms with Crippen molar-refractivity contribution >= 4 is 29.3 Å². The van der Waals surface area contributed by atoms with Crippen molar-refractivity contribution < 1.29 is 4.79 Å². The number of carbonyl (C=O) groups excluding carboxylic acids is 1. The van der Waals surface area contributed by atoms with Crippen LogP contribution < -0.4 is 5.32 Å². The lowest BCUT2D eigenvalue weighted by molar-refractivity contribution is -0.121. The minimum atomic E-state index is 0.0942. The van der Waals surface area contributed by atoms with Gasteiger partial charge in [0.15, 0.2) is 0 Å². The van der Waals surface area contributed by atoms with Gasteiger partial charge in [-0.3, -0.25) is 4.79 Å². The van der Waals surface area contributed by atoms with E-state index in [0.717, 1.165) is 12.2 Å². The Morgan fingerprint density at radius 1 is 1.69 bits per heavy atom. The van der Waals surface area contributed by atoms with E-state index in [4.69, 9.17) is 11.6 Å². The lowest BCUT2D eigenvalue weighted by Gasteiger charge is -2.22. The third-order valence-corrected chi connectivity index (χ3v) is 3.93. The Labute approximate surface area is 88.8 Å². The lowest BCUT2D eigenvalue weighted by Crippen LogP contribution is -2.40. The third kappa shape index (κ3) is 3.77. The highest BCUT2D eigenvalue weighted by Crippen LogP contribution is 2.24. The van der Waals surface area contributed by atoms with Gasteiger partial charge in [-0.2, -0.15) is 0 Å². The molecule has 1 aliphatic rings. The summed E-state index contributed by atoms with van der Waals surface area (Å²) >= 11 is 7.38. The molecule has 0 aromatic heterocycles. The van der Waals surface area contributed by atoms with Crippen molar-refractivity contribution in [2.24, 2.45) is 0 Å². The maximum absolute atomic E-state index is 11.6. The Bertz CT molecular complexity index is 171. The number of amides is 1. The molecule has 0 bridgehead atoms. The summed E-state index contributed by atoms with van der Waals surface area (Å²) in [6.07, 6.45) is 3.45. The minimum absolute atomic E-state index is 0.0942. The molecular weight excluding hydrogens is 206 g/mol. The Balaban J connectivity index is 2.29. The molecule has 1 saturated heterocycles. The van der Waals surface area contributed by atoms with E-state index in [-0.39, 0.29) is 17.2 Å². The number of hydrogen-bond donors (Lipinski definition) is 1. The summed E-state index contributed by atoms with van der Waals surface area (Å²) in [6, 6.07) is 0.0942. The molecule has 1 fully saturated rings. The fourth-order valence-electron chi connectivity index (χ4n) is 1.32. The zero-order valence-electron chi connectivity index (χ0n) is 7.88. The van der Waals surface area contributed by atoms with Gasteiger partial charge in [-0.05, 0) is 25.5 Å². The fraction of sp³-hybridized carbons (Fsp3) is 0.889. The fourth-order valence-corrected chi connectivity index (χ4v) is 2.61. The quantitative estimate of drug-likeness (QED) is 0.739. The average Bonchev–Trinajstić information content (AvgIpc) is 2.19. The Morgan fingerprint density at radius 2 is 2.46 bits per heavy atom. The first-order valence-corrected chi connectivity index (χ1v) is 6.30. The minimum Gasteiger partial charge on any atom is -0.351 e. The highest BCUT2D eigenvalue weighted by Gasteiger charge is 2.22. The monoisotopic (exact) mass is 221 g/mol. The maximum Gasteiger partial charge on any atom is 0.233 e. The number of alkyl halides is 1. The zero-order chi connectivity index (χ0) is 9.68. The molecule has 0 saturated carbocycles. The number of nitrogens with one attached hydrogen (secondary N) is 1. The molecule has 76 valence electrons. The van der Waals surface area contributed by atoms with E-state index in [9.17, 15) is 4.79 Å². The Kier molecular flexibility index (Phi) is 4.96. The van der Waals surface area contributed by atoms with Gasteiger partial charge in [0.2, 0.25) is 5.91 Å². The largest absolute Gasteiger partial charge is 0.351 e. The van der Waals surface area contributed by atoms with Gasteiger partial charge >= 0.3 is 0 Å². The standard InChI is InChI=1S/C9H16ClNOS/c1-7(6-10)11-9(12)8-4-2-3-5-13-8/h7-8H,2-6H2,1H3,(H,11,12). The summed E-state index contributed by atoms with van der Waals surface area (Å²) in [5.41, 5.74) is 0. The third-order valence-electron chi connectivity index (χ3n) is 2.09. The van der Waals surface area contributed by atoms with Crippen LogP contribution in [0.25, 0.3) is 0 Å². The summed E-state index contributed by atoms with van der Waals surface area (Å²) < 4.78 is 0. The highest BCUT2D eigenvalue weighted by molar-refractivity contribution is 8.00. The van der Waals surface area contributed by atoms with Crippen LogP contribution in [0.15, 0.2) is 0 Å². The molecule has 2 atom stereocenters. The van der Waals surface area contributed by atoms with E-state index in [2.05, 4.69) is 5.32 Å². The van der Waals surface area contributed by atoms with E-state index in [1.165, 1.54) is 12.8 Å². The van der Waals surface area contributed by atoms with Crippen LogP contribution in [-0.2, 0) is 4.79 Å². The molecule has 0 aromatic carbocycles. The van der Waals surface area contributed by atoms with E-state index < -0.39 is 0 Å². The second kappa shape index (κ2) is 5.76. The van der Waals surface area contributed by atoms with Crippen LogP contribution >= 0.6 is 23.4 Å². The first-order valence-electron chi connectivity index (χ1n) is 4.72. The van der Waals surface area contributed by atoms with Crippen molar-refractivity contribution in [1.29, 1.82) is 0 Å². The van der Waals surface area contributed by atoms with Gasteiger partial charge in [-0.25, -0.2) is 0 Å². The first-order chi connectivity index (χ1) is 6.24. The molecule has 2 nitrogen and oxygen atoms in total. The molecule has 0 spiro atoms.